The molecule has 0 heterocycles. The van der Waals surface area contributed by atoms with Crippen LogP contribution in [0.25, 0.3) is 0 Å². The maximum absolute atomic E-state index is 12.5. The van der Waals surface area contributed by atoms with Gasteiger partial charge in [0.2, 0.25) is 17.7 Å². The summed E-state index contributed by atoms with van der Waals surface area (Å²) >= 11 is 0. The van der Waals surface area contributed by atoms with E-state index in [1.165, 1.54) is 6.92 Å². The number of Topliss-reactive ketones (excluding diaryl/α,β-unsaturated/α-hetero) is 1. The van der Waals surface area contributed by atoms with Gasteiger partial charge in [0, 0.05) is 19.9 Å². The topological polar surface area (TPSA) is 158 Å². The number of ether oxygens (including phenoxy) is 1. The highest BCUT2D eigenvalue weighted by Crippen LogP contribution is 2.11. The monoisotopic (exact) mass is 406 g/mol. The normalized spacial score (nSPS) is 12.2. The minimum absolute atomic E-state index is 0.0351. The van der Waals surface area contributed by atoms with Gasteiger partial charge in [-0.05, 0) is 24.1 Å². The average molecular weight is 406 g/mol. The zero-order chi connectivity index (χ0) is 21.8. The van der Waals surface area contributed by atoms with Gasteiger partial charge in [0.05, 0.1) is 19.9 Å². The Hall–Kier alpha value is -3.27. The molecule has 10 heteroatoms. The van der Waals surface area contributed by atoms with Crippen LogP contribution in [0.5, 0.6) is 5.75 Å². The van der Waals surface area contributed by atoms with Crippen LogP contribution in [0.2, 0.25) is 0 Å². The maximum atomic E-state index is 12.5. The number of methoxy groups -OCH3 is 1. The molecule has 0 radical (unpaired) electrons. The molecule has 10 nitrogen and oxygen atoms in total. The molecule has 0 aliphatic heterocycles. The number of aliphatic hydroxyl groups is 1. The van der Waals surface area contributed by atoms with Crippen LogP contribution in [0, 0.1) is 5.41 Å². The van der Waals surface area contributed by atoms with Gasteiger partial charge >= 0.3 is 0 Å². The molecule has 0 aliphatic carbocycles. The molecular formula is C19H26N4O6. The van der Waals surface area contributed by atoms with E-state index < -0.39 is 42.2 Å². The van der Waals surface area contributed by atoms with Crippen molar-refractivity contribution >= 4 is 29.7 Å². The molecule has 0 bridgehead atoms. The van der Waals surface area contributed by atoms with E-state index in [1.54, 1.807) is 31.4 Å². The van der Waals surface area contributed by atoms with E-state index in [-0.39, 0.29) is 19.4 Å². The summed E-state index contributed by atoms with van der Waals surface area (Å²) in [5.74, 6) is -1.63. The quantitative estimate of drug-likeness (QED) is 0.289. The van der Waals surface area contributed by atoms with Crippen molar-refractivity contribution in [3.05, 3.63) is 29.8 Å². The van der Waals surface area contributed by atoms with Crippen LogP contribution in [0.1, 0.15) is 25.3 Å². The van der Waals surface area contributed by atoms with Gasteiger partial charge in [0.15, 0.2) is 5.78 Å². The highest BCUT2D eigenvalue weighted by atomic mass is 16.5. The lowest BCUT2D eigenvalue weighted by Crippen LogP contribution is -2.54. The minimum atomic E-state index is -1.22. The molecule has 1 rings (SSSR count). The smallest absolute Gasteiger partial charge is 0.245 e. The zero-order valence-corrected chi connectivity index (χ0v) is 16.4. The fourth-order valence-corrected chi connectivity index (χ4v) is 2.40. The lowest BCUT2D eigenvalue weighted by atomic mass is 10.1. The molecule has 3 amide bonds. The van der Waals surface area contributed by atoms with Gasteiger partial charge in [-0.1, -0.05) is 12.1 Å². The van der Waals surface area contributed by atoms with E-state index in [4.69, 9.17) is 10.1 Å². The predicted octanol–water partition coefficient (Wildman–Crippen LogP) is -0.708. The van der Waals surface area contributed by atoms with Crippen LogP contribution in [0.4, 0.5) is 0 Å². The molecule has 0 spiro atoms. The van der Waals surface area contributed by atoms with Crippen molar-refractivity contribution in [2.24, 2.45) is 0 Å². The van der Waals surface area contributed by atoms with Crippen molar-refractivity contribution in [1.82, 2.24) is 16.0 Å². The molecule has 1 aromatic carbocycles. The summed E-state index contributed by atoms with van der Waals surface area (Å²) in [5, 5.41) is 23.6. The van der Waals surface area contributed by atoms with E-state index in [1.807, 2.05) is 0 Å². The largest absolute Gasteiger partial charge is 0.497 e. The molecule has 2 atom stereocenters. The average Bonchev–Trinajstić information content (AvgIpc) is 2.72. The number of hydrogen-bond donors (Lipinski definition) is 5. The first kappa shape index (κ1) is 23.8. The molecule has 0 saturated heterocycles. The van der Waals surface area contributed by atoms with E-state index in [0.29, 0.717) is 12.0 Å². The van der Waals surface area contributed by atoms with Crippen LogP contribution in [0.3, 0.4) is 0 Å². The van der Waals surface area contributed by atoms with E-state index in [2.05, 4.69) is 16.0 Å². The van der Waals surface area contributed by atoms with Gasteiger partial charge in [-0.2, -0.15) is 0 Å². The number of carbonyl (C=O) groups excluding carboxylic acids is 4. The van der Waals surface area contributed by atoms with Crippen molar-refractivity contribution < 1.29 is 29.0 Å². The van der Waals surface area contributed by atoms with Gasteiger partial charge in [-0.3, -0.25) is 19.2 Å². The first-order valence-electron chi connectivity index (χ1n) is 8.93. The Labute approximate surface area is 168 Å². The second kappa shape index (κ2) is 12.2. The van der Waals surface area contributed by atoms with Crippen LogP contribution in [-0.2, 0) is 25.7 Å². The highest BCUT2D eigenvalue weighted by molar-refractivity contribution is 6.26. The first-order valence-corrected chi connectivity index (χ1v) is 8.93. The van der Waals surface area contributed by atoms with Crippen molar-refractivity contribution in [2.75, 3.05) is 13.7 Å². The second-order valence-electron chi connectivity index (χ2n) is 6.21. The Morgan fingerprint density at radius 1 is 1.10 bits per heavy atom. The Morgan fingerprint density at radius 3 is 2.28 bits per heavy atom. The van der Waals surface area contributed by atoms with Crippen LogP contribution in [0.15, 0.2) is 24.3 Å². The lowest BCUT2D eigenvalue weighted by molar-refractivity contribution is -0.132. The van der Waals surface area contributed by atoms with Crippen molar-refractivity contribution in [1.29, 1.82) is 5.41 Å². The Morgan fingerprint density at radius 2 is 1.76 bits per heavy atom. The third kappa shape index (κ3) is 8.52. The van der Waals surface area contributed by atoms with Crippen LogP contribution < -0.4 is 20.7 Å². The molecule has 0 aromatic heterocycles. The van der Waals surface area contributed by atoms with Crippen molar-refractivity contribution in [3.63, 3.8) is 0 Å². The van der Waals surface area contributed by atoms with Gasteiger partial charge in [0.1, 0.15) is 17.8 Å². The van der Waals surface area contributed by atoms with Crippen molar-refractivity contribution in [2.45, 2.75) is 38.4 Å². The van der Waals surface area contributed by atoms with Gasteiger partial charge in [-0.15, -0.1) is 0 Å². The summed E-state index contributed by atoms with van der Waals surface area (Å²) in [7, 11) is 1.54. The zero-order valence-electron chi connectivity index (χ0n) is 16.4. The summed E-state index contributed by atoms with van der Waals surface area (Å²) in [6.07, 6.45) is 0.489. The Bertz CT molecular complexity index is 735. The van der Waals surface area contributed by atoms with Crippen LogP contribution in [-0.4, -0.2) is 60.6 Å². The molecule has 0 saturated carbocycles. The number of nitrogens with one attached hydrogen (secondary N) is 4. The SMILES string of the molecule is COc1ccc(CNC(=O)[C@H](CCC(=O)C=N)NC(=O)[C@H](CO)NC(C)=O)cc1. The van der Waals surface area contributed by atoms with E-state index in [9.17, 15) is 24.3 Å². The Balaban J connectivity index is 2.78. The van der Waals surface area contributed by atoms with Crippen molar-refractivity contribution in [3.8, 4) is 5.75 Å². The molecule has 5 N–H and O–H groups in total. The first-order chi connectivity index (χ1) is 13.8. The number of ketones is 1. The minimum Gasteiger partial charge on any atom is -0.497 e. The van der Waals surface area contributed by atoms with Crippen LogP contribution >= 0.6 is 0 Å². The predicted molar refractivity (Wildman–Crippen MR) is 104 cm³/mol. The molecule has 158 valence electrons. The summed E-state index contributed by atoms with van der Waals surface area (Å²) < 4.78 is 5.07. The number of rotatable bonds is 12. The lowest BCUT2D eigenvalue weighted by Gasteiger charge is -2.21. The molecule has 0 aliphatic rings. The summed E-state index contributed by atoms with van der Waals surface area (Å²) in [4.78, 5) is 47.4. The summed E-state index contributed by atoms with van der Waals surface area (Å²) in [5.41, 5.74) is 0.797. The van der Waals surface area contributed by atoms with E-state index >= 15 is 0 Å². The number of amides is 3. The Kier molecular flexibility index (Phi) is 10.0. The van der Waals surface area contributed by atoms with E-state index in [0.717, 1.165) is 5.56 Å². The molecule has 1 aromatic rings. The molecule has 0 fully saturated rings. The summed E-state index contributed by atoms with van der Waals surface area (Å²) in [6, 6.07) is 4.72. The number of hydrogen-bond acceptors (Lipinski definition) is 7. The standard InChI is InChI=1S/C19H26N4O6/c1-12(25)22-17(11-24)19(28)23-16(8-5-14(26)9-20)18(27)21-10-13-3-6-15(29-2)7-4-13/h3-4,6-7,9,16-17,20,24H,5,8,10-11H2,1-2H3,(H,21,27)(H,22,25)(H,23,28)/t16-,17-/m0/s1. The second-order valence-corrected chi connectivity index (χ2v) is 6.21. The highest BCUT2D eigenvalue weighted by Gasteiger charge is 2.26. The fourth-order valence-electron chi connectivity index (χ4n) is 2.40. The van der Waals surface area contributed by atoms with Gasteiger partial charge in [-0.25, -0.2) is 0 Å². The maximum Gasteiger partial charge on any atom is 0.245 e. The number of aliphatic hydroxyl groups excluding tert-OH is 1. The number of benzene rings is 1. The molecule has 0 unspecified atom stereocenters. The molecule has 29 heavy (non-hydrogen) atoms. The molecular weight excluding hydrogens is 380 g/mol. The fraction of sp³-hybridized carbons (Fsp3) is 0.421. The third-order valence-corrected chi connectivity index (χ3v) is 3.98. The summed E-state index contributed by atoms with van der Waals surface area (Å²) in [6.45, 7) is 0.728. The van der Waals surface area contributed by atoms with Gasteiger partial charge < -0.3 is 31.2 Å². The third-order valence-electron chi connectivity index (χ3n) is 3.98. The number of carbonyl (C=O) groups is 4. The van der Waals surface area contributed by atoms with Gasteiger partial charge in [0.25, 0.3) is 0 Å².